The molecule has 0 radical (unpaired) electrons. The molecule has 2 N–H and O–H groups in total. The first-order valence-electron chi connectivity index (χ1n) is 5.47. The summed E-state index contributed by atoms with van der Waals surface area (Å²) in [7, 11) is 1.74. The van der Waals surface area contributed by atoms with Crippen molar-refractivity contribution < 1.29 is 9.21 Å². The SMILES string of the molecule is Cc1ccc(CN(C)C(=O)[C@H](N)C(C)C)o1.Cl. The van der Waals surface area contributed by atoms with E-state index in [4.69, 9.17) is 10.2 Å². The molecule has 0 saturated carbocycles. The molecule has 5 heteroatoms. The Morgan fingerprint density at radius 1 is 1.47 bits per heavy atom. The van der Waals surface area contributed by atoms with E-state index in [1.54, 1.807) is 11.9 Å². The number of amides is 1. The number of aryl methyl sites for hydroxylation is 1. The first-order chi connectivity index (χ1) is 7.41. The first-order valence-corrected chi connectivity index (χ1v) is 5.47. The zero-order valence-corrected chi connectivity index (χ0v) is 11.6. The summed E-state index contributed by atoms with van der Waals surface area (Å²) in [6.07, 6.45) is 0. The number of carbonyl (C=O) groups excluding carboxylic acids is 1. The normalized spacial score (nSPS) is 12.1. The van der Waals surface area contributed by atoms with Crippen molar-refractivity contribution in [3.8, 4) is 0 Å². The quantitative estimate of drug-likeness (QED) is 0.900. The fourth-order valence-electron chi connectivity index (χ4n) is 1.42. The Labute approximate surface area is 109 Å². The molecule has 1 aromatic heterocycles. The van der Waals surface area contributed by atoms with E-state index < -0.39 is 6.04 Å². The Balaban J connectivity index is 0.00000256. The molecule has 1 rings (SSSR count). The Morgan fingerprint density at radius 3 is 2.47 bits per heavy atom. The number of likely N-dealkylation sites (N-methyl/N-ethyl adjacent to an activating group) is 1. The lowest BCUT2D eigenvalue weighted by molar-refractivity contribution is -0.133. The summed E-state index contributed by atoms with van der Waals surface area (Å²) in [6.45, 7) is 6.22. The average Bonchev–Trinajstić information content (AvgIpc) is 2.61. The summed E-state index contributed by atoms with van der Waals surface area (Å²) in [5, 5.41) is 0. The number of nitrogens with two attached hydrogens (primary N) is 1. The Morgan fingerprint density at radius 2 is 2.06 bits per heavy atom. The Bertz CT molecular complexity index is 363. The minimum Gasteiger partial charge on any atom is -0.464 e. The monoisotopic (exact) mass is 260 g/mol. The summed E-state index contributed by atoms with van der Waals surface area (Å²) in [5.74, 6) is 1.73. The highest BCUT2D eigenvalue weighted by molar-refractivity contribution is 5.85. The fourth-order valence-corrected chi connectivity index (χ4v) is 1.42. The number of halogens is 1. The van der Waals surface area contributed by atoms with Crippen LogP contribution in [0.3, 0.4) is 0 Å². The number of carbonyl (C=O) groups is 1. The molecular weight excluding hydrogens is 240 g/mol. The third-order valence-electron chi connectivity index (χ3n) is 2.57. The van der Waals surface area contributed by atoms with Gasteiger partial charge in [0.25, 0.3) is 0 Å². The predicted molar refractivity (Wildman–Crippen MR) is 70.0 cm³/mol. The van der Waals surface area contributed by atoms with Crippen molar-refractivity contribution >= 4 is 18.3 Å². The predicted octanol–water partition coefficient (Wildman–Crippen LogP) is 1.95. The van der Waals surface area contributed by atoms with Crippen LogP contribution in [-0.4, -0.2) is 23.9 Å². The lowest BCUT2D eigenvalue weighted by Crippen LogP contribution is -2.44. The van der Waals surface area contributed by atoms with Gasteiger partial charge in [-0.3, -0.25) is 4.79 Å². The van der Waals surface area contributed by atoms with E-state index >= 15 is 0 Å². The molecule has 0 aromatic carbocycles. The maximum atomic E-state index is 11.9. The van der Waals surface area contributed by atoms with E-state index in [0.29, 0.717) is 6.54 Å². The number of hydrogen-bond acceptors (Lipinski definition) is 3. The van der Waals surface area contributed by atoms with Crippen molar-refractivity contribution in [2.75, 3.05) is 7.05 Å². The topological polar surface area (TPSA) is 59.5 Å². The van der Waals surface area contributed by atoms with Gasteiger partial charge < -0.3 is 15.1 Å². The molecule has 1 atom stereocenters. The molecule has 98 valence electrons. The highest BCUT2D eigenvalue weighted by atomic mass is 35.5. The van der Waals surface area contributed by atoms with Crippen molar-refractivity contribution in [1.29, 1.82) is 0 Å². The van der Waals surface area contributed by atoms with Gasteiger partial charge in [-0.2, -0.15) is 0 Å². The third-order valence-corrected chi connectivity index (χ3v) is 2.57. The standard InChI is InChI=1S/C12H20N2O2.ClH/c1-8(2)11(13)12(15)14(4)7-10-6-5-9(3)16-10;/h5-6,8,11H,7,13H2,1-4H3;1H/t11-;/m1./s1. The van der Waals surface area contributed by atoms with Crippen LogP contribution in [0.2, 0.25) is 0 Å². The van der Waals surface area contributed by atoms with E-state index in [1.165, 1.54) is 0 Å². The van der Waals surface area contributed by atoms with Crippen molar-refractivity contribution in [1.82, 2.24) is 4.90 Å². The van der Waals surface area contributed by atoms with E-state index in [1.807, 2.05) is 32.9 Å². The van der Waals surface area contributed by atoms with E-state index in [9.17, 15) is 4.79 Å². The molecule has 17 heavy (non-hydrogen) atoms. The average molecular weight is 261 g/mol. The number of rotatable bonds is 4. The molecule has 4 nitrogen and oxygen atoms in total. The second-order valence-corrected chi connectivity index (χ2v) is 4.48. The van der Waals surface area contributed by atoms with Gasteiger partial charge in [-0.1, -0.05) is 13.8 Å². The second kappa shape index (κ2) is 6.67. The lowest BCUT2D eigenvalue weighted by atomic mass is 10.0. The maximum Gasteiger partial charge on any atom is 0.239 e. The van der Waals surface area contributed by atoms with Gasteiger partial charge in [0.1, 0.15) is 11.5 Å². The molecule has 0 fully saturated rings. The highest BCUT2D eigenvalue weighted by Gasteiger charge is 2.21. The minimum absolute atomic E-state index is 0. The molecule has 1 aromatic rings. The third kappa shape index (κ3) is 4.40. The fraction of sp³-hybridized carbons (Fsp3) is 0.583. The van der Waals surface area contributed by atoms with Crippen molar-refractivity contribution in [2.45, 2.75) is 33.4 Å². The molecule has 0 aliphatic carbocycles. The molecule has 0 spiro atoms. The van der Waals surface area contributed by atoms with Gasteiger partial charge in [0.05, 0.1) is 12.6 Å². The van der Waals surface area contributed by atoms with Gasteiger partial charge in [-0.05, 0) is 25.0 Å². The molecule has 0 aliphatic rings. The summed E-state index contributed by atoms with van der Waals surface area (Å²) < 4.78 is 5.41. The molecule has 0 unspecified atom stereocenters. The van der Waals surface area contributed by atoms with Gasteiger partial charge in [0, 0.05) is 7.05 Å². The summed E-state index contributed by atoms with van der Waals surface area (Å²) in [4.78, 5) is 13.5. The maximum absolute atomic E-state index is 11.9. The summed E-state index contributed by atoms with van der Waals surface area (Å²) in [6, 6.07) is 3.32. The minimum atomic E-state index is -0.443. The Kier molecular flexibility index (Phi) is 6.27. The van der Waals surface area contributed by atoms with Gasteiger partial charge >= 0.3 is 0 Å². The van der Waals surface area contributed by atoms with Crippen LogP contribution in [0.1, 0.15) is 25.4 Å². The molecule has 0 aliphatic heterocycles. The van der Waals surface area contributed by atoms with Gasteiger partial charge in [0.2, 0.25) is 5.91 Å². The van der Waals surface area contributed by atoms with Gasteiger partial charge in [-0.15, -0.1) is 12.4 Å². The van der Waals surface area contributed by atoms with Crippen LogP contribution in [0.15, 0.2) is 16.5 Å². The number of furan rings is 1. The van der Waals surface area contributed by atoms with Crippen LogP contribution in [0, 0.1) is 12.8 Å². The summed E-state index contributed by atoms with van der Waals surface area (Å²) in [5.41, 5.74) is 5.80. The van der Waals surface area contributed by atoms with Crippen LogP contribution in [-0.2, 0) is 11.3 Å². The smallest absolute Gasteiger partial charge is 0.239 e. The Hall–Kier alpha value is -1.00. The van der Waals surface area contributed by atoms with Crippen molar-refractivity contribution in [3.63, 3.8) is 0 Å². The van der Waals surface area contributed by atoms with Crippen LogP contribution in [0.25, 0.3) is 0 Å². The summed E-state index contributed by atoms with van der Waals surface area (Å²) >= 11 is 0. The zero-order chi connectivity index (χ0) is 12.3. The van der Waals surface area contributed by atoms with Crippen LogP contribution in [0.5, 0.6) is 0 Å². The van der Waals surface area contributed by atoms with Gasteiger partial charge in [-0.25, -0.2) is 0 Å². The molecular formula is C12H21ClN2O2. The largest absolute Gasteiger partial charge is 0.464 e. The van der Waals surface area contributed by atoms with E-state index in [-0.39, 0.29) is 24.2 Å². The van der Waals surface area contributed by atoms with Crippen molar-refractivity contribution in [2.24, 2.45) is 11.7 Å². The molecule has 1 amide bonds. The van der Waals surface area contributed by atoms with Crippen LogP contribution in [0.4, 0.5) is 0 Å². The van der Waals surface area contributed by atoms with Gasteiger partial charge in [0.15, 0.2) is 0 Å². The molecule has 0 saturated heterocycles. The van der Waals surface area contributed by atoms with Crippen molar-refractivity contribution in [3.05, 3.63) is 23.7 Å². The number of hydrogen-bond donors (Lipinski definition) is 1. The van der Waals surface area contributed by atoms with Crippen LogP contribution < -0.4 is 5.73 Å². The lowest BCUT2D eigenvalue weighted by Gasteiger charge is -2.22. The first kappa shape index (κ1) is 16.0. The van der Waals surface area contributed by atoms with Crippen LogP contribution >= 0.6 is 12.4 Å². The highest BCUT2D eigenvalue weighted by Crippen LogP contribution is 2.10. The van der Waals surface area contributed by atoms with E-state index in [0.717, 1.165) is 11.5 Å². The number of nitrogens with zero attached hydrogens (tertiary/aromatic N) is 1. The second-order valence-electron chi connectivity index (χ2n) is 4.48. The van der Waals surface area contributed by atoms with E-state index in [2.05, 4.69) is 0 Å². The molecule has 1 heterocycles. The zero-order valence-electron chi connectivity index (χ0n) is 10.8. The molecule has 0 bridgehead atoms.